The monoisotopic (exact) mass is 250 g/mol. The van der Waals surface area contributed by atoms with E-state index >= 15 is 0 Å². The van der Waals surface area contributed by atoms with Crippen LogP contribution in [0.3, 0.4) is 0 Å². The highest BCUT2D eigenvalue weighted by Crippen LogP contribution is 2.23. The average molecular weight is 250 g/mol. The quantitative estimate of drug-likeness (QED) is 0.538. The number of ketones is 1. The Morgan fingerprint density at radius 1 is 1.39 bits per heavy atom. The second-order valence-electron chi connectivity index (χ2n) is 4.47. The number of hydrogen-bond acceptors (Lipinski definition) is 3. The molecule has 100 valence electrons. The number of aliphatic hydroxyl groups excluding tert-OH is 2. The van der Waals surface area contributed by atoms with Crippen LogP contribution in [0, 0.1) is 0 Å². The summed E-state index contributed by atoms with van der Waals surface area (Å²) in [6.07, 6.45) is 10.4. The second-order valence-corrected chi connectivity index (χ2v) is 4.47. The fourth-order valence-electron chi connectivity index (χ4n) is 1.93. The predicted molar refractivity (Wildman–Crippen MR) is 72.2 cm³/mol. The van der Waals surface area contributed by atoms with Crippen LogP contribution in [-0.4, -0.2) is 28.7 Å². The first-order valence-corrected chi connectivity index (χ1v) is 6.55. The number of carbonyl (C=O) groups is 1. The van der Waals surface area contributed by atoms with Gasteiger partial charge in [-0.1, -0.05) is 31.2 Å². The summed E-state index contributed by atoms with van der Waals surface area (Å²) in [5, 5.41) is 18.5. The molecule has 0 amide bonds. The highest BCUT2D eigenvalue weighted by molar-refractivity contribution is 6.10. The summed E-state index contributed by atoms with van der Waals surface area (Å²) in [6.45, 7) is 2.06. The van der Waals surface area contributed by atoms with Crippen molar-refractivity contribution in [1.29, 1.82) is 0 Å². The smallest absolute Gasteiger partial charge is 0.184 e. The Morgan fingerprint density at radius 3 is 2.83 bits per heavy atom. The van der Waals surface area contributed by atoms with Crippen molar-refractivity contribution >= 4 is 5.78 Å². The molecule has 0 saturated carbocycles. The van der Waals surface area contributed by atoms with Crippen LogP contribution in [0.1, 0.15) is 39.0 Å². The molecule has 0 spiro atoms. The van der Waals surface area contributed by atoms with Crippen LogP contribution in [0.4, 0.5) is 0 Å². The first-order valence-electron chi connectivity index (χ1n) is 6.55. The molecule has 0 saturated heterocycles. The summed E-state index contributed by atoms with van der Waals surface area (Å²) in [5.74, 6) is 0.0281. The third kappa shape index (κ3) is 4.59. The van der Waals surface area contributed by atoms with Crippen LogP contribution in [0.25, 0.3) is 0 Å². The van der Waals surface area contributed by atoms with Gasteiger partial charge in [-0.25, -0.2) is 0 Å². The molecule has 1 rings (SSSR count). The molecule has 3 nitrogen and oxygen atoms in total. The number of allylic oxidation sites excluding steroid dienone is 3. The minimum absolute atomic E-state index is 0.00922. The number of aliphatic hydroxyl groups is 2. The number of hydrogen-bond donors (Lipinski definition) is 2. The van der Waals surface area contributed by atoms with Gasteiger partial charge < -0.3 is 10.2 Å². The van der Waals surface area contributed by atoms with Gasteiger partial charge in [0.25, 0.3) is 0 Å². The topological polar surface area (TPSA) is 57.5 Å². The summed E-state index contributed by atoms with van der Waals surface area (Å²) >= 11 is 0. The fourth-order valence-corrected chi connectivity index (χ4v) is 1.93. The van der Waals surface area contributed by atoms with E-state index in [0.29, 0.717) is 31.3 Å². The van der Waals surface area contributed by atoms with Gasteiger partial charge in [0.15, 0.2) is 5.78 Å². The molecule has 1 atom stereocenters. The zero-order chi connectivity index (χ0) is 13.4. The molecule has 0 aliphatic heterocycles. The molecular weight excluding hydrogens is 228 g/mol. The molecule has 0 radical (unpaired) electrons. The minimum Gasteiger partial charge on any atom is -0.396 e. The molecule has 18 heavy (non-hydrogen) atoms. The maximum Gasteiger partial charge on any atom is 0.184 e. The lowest BCUT2D eigenvalue weighted by Gasteiger charge is -2.05. The van der Waals surface area contributed by atoms with Crippen molar-refractivity contribution in [2.24, 2.45) is 0 Å². The molecule has 1 aliphatic rings. The van der Waals surface area contributed by atoms with Gasteiger partial charge in [-0.05, 0) is 43.3 Å². The van der Waals surface area contributed by atoms with E-state index in [-0.39, 0.29) is 12.4 Å². The van der Waals surface area contributed by atoms with E-state index in [1.165, 1.54) is 0 Å². The van der Waals surface area contributed by atoms with Crippen molar-refractivity contribution in [1.82, 2.24) is 0 Å². The Balaban J connectivity index is 2.41. The summed E-state index contributed by atoms with van der Waals surface area (Å²) in [6, 6.07) is 0. The molecule has 0 aromatic heterocycles. The maximum absolute atomic E-state index is 11.8. The molecule has 0 unspecified atom stereocenters. The highest BCUT2D eigenvalue weighted by Gasteiger charge is 2.19. The summed E-state index contributed by atoms with van der Waals surface area (Å²) in [7, 11) is 0. The standard InChI is InChI=1S/C15H22O3/c1-2-3-4-5-14(17)9-8-12-6-7-13(10-11-16)15(12)18/h3-4,7-8,14,16-17H,2,5-6,9-11H2,1H3/b4-3-,12-8+/t14-/m0/s1. The summed E-state index contributed by atoms with van der Waals surface area (Å²) < 4.78 is 0. The molecular formula is C15H22O3. The third-order valence-corrected chi connectivity index (χ3v) is 2.98. The van der Waals surface area contributed by atoms with Crippen LogP contribution < -0.4 is 0 Å². The number of Topliss-reactive ketones (excluding diaryl/α,β-unsaturated/α-hetero) is 1. The van der Waals surface area contributed by atoms with Crippen molar-refractivity contribution < 1.29 is 15.0 Å². The second kappa shape index (κ2) is 8.01. The van der Waals surface area contributed by atoms with Crippen molar-refractivity contribution in [2.45, 2.75) is 45.1 Å². The van der Waals surface area contributed by atoms with Crippen molar-refractivity contribution in [3.8, 4) is 0 Å². The van der Waals surface area contributed by atoms with Crippen molar-refractivity contribution in [3.63, 3.8) is 0 Å². The van der Waals surface area contributed by atoms with Crippen LogP contribution in [0.2, 0.25) is 0 Å². The van der Waals surface area contributed by atoms with E-state index in [4.69, 9.17) is 5.11 Å². The van der Waals surface area contributed by atoms with E-state index in [1.807, 2.05) is 24.3 Å². The molecule has 2 N–H and O–H groups in total. The van der Waals surface area contributed by atoms with Gasteiger partial charge in [0.1, 0.15) is 0 Å². The lowest BCUT2D eigenvalue weighted by molar-refractivity contribution is -0.112. The Kier molecular flexibility index (Phi) is 6.61. The third-order valence-electron chi connectivity index (χ3n) is 2.98. The van der Waals surface area contributed by atoms with E-state index in [2.05, 4.69) is 6.92 Å². The first kappa shape index (κ1) is 14.9. The van der Waals surface area contributed by atoms with Gasteiger partial charge in [-0.3, -0.25) is 4.79 Å². The lowest BCUT2D eigenvalue weighted by atomic mass is 10.1. The molecule has 0 bridgehead atoms. The summed E-state index contributed by atoms with van der Waals surface area (Å²) in [5.41, 5.74) is 1.45. The van der Waals surface area contributed by atoms with Gasteiger partial charge in [-0.2, -0.15) is 0 Å². The molecule has 3 heteroatoms. The van der Waals surface area contributed by atoms with Crippen LogP contribution in [0.5, 0.6) is 0 Å². The minimum atomic E-state index is -0.421. The van der Waals surface area contributed by atoms with Crippen LogP contribution in [0.15, 0.2) is 35.5 Å². The molecule has 0 aromatic rings. The van der Waals surface area contributed by atoms with Gasteiger partial charge in [0.05, 0.1) is 6.10 Å². The molecule has 0 aromatic carbocycles. The van der Waals surface area contributed by atoms with Gasteiger partial charge in [0.2, 0.25) is 0 Å². The first-order chi connectivity index (χ1) is 8.69. The van der Waals surface area contributed by atoms with Gasteiger partial charge in [0, 0.05) is 6.61 Å². The Hall–Kier alpha value is -1.19. The van der Waals surface area contributed by atoms with E-state index in [9.17, 15) is 9.90 Å². The molecule has 1 aliphatic carbocycles. The van der Waals surface area contributed by atoms with E-state index in [0.717, 1.165) is 12.0 Å². The predicted octanol–water partition coefficient (Wildman–Crippen LogP) is 2.30. The van der Waals surface area contributed by atoms with Crippen LogP contribution >= 0.6 is 0 Å². The SMILES string of the molecule is CC/C=C\C[C@H](O)C/C=C1\CC=C(CCO)C1=O. The zero-order valence-corrected chi connectivity index (χ0v) is 10.9. The zero-order valence-electron chi connectivity index (χ0n) is 10.9. The Labute approximate surface area is 109 Å². The van der Waals surface area contributed by atoms with Crippen LogP contribution in [-0.2, 0) is 4.79 Å². The highest BCUT2D eigenvalue weighted by atomic mass is 16.3. The maximum atomic E-state index is 11.8. The van der Waals surface area contributed by atoms with Crippen molar-refractivity contribution in [3.05, 3.63) is 35.5 Å². The fraction of sp³-hybridized carbons (Fsp3) is 0.533. The van der Waals surface area contributed by atoms with Crippen molar-refractivity contribution in [2.75, 3.05) is 6.61 Å². The summed E-state index contributed by atoms with van der Waals surface area (Å²) in [4.78, 5) is 11.8. The van der Waals surface area contributed by atoms with Gasteiger partial charge >= 0.3 is 0 Å². The average Bonchev–Trinajstić information content (AvgIpc) is 2.69. The Morgan fingerprint density at radius 2 is 2.17 bits per heavy atom. The Bertz CT molecular complexity index is 364. The van der Waals surface area contributed by atoms with E-state index in [1.54, 1.807) is 0 Å². The largest absolute Gasteiger partial charge is 0.396 e. The number of carbonyl (C=O) groups excluding carboxylic acids is 1. The van der Waals surface area contributed by atoms with Gasteiger partial charge in [-0.15, -0.1) is 0 Å². The number of rotatable bonds is 7. The normalized spacial score (nSPS) is 19.8. The molecule has 0 fully saturated rings. The lowest BCUT2D eigenvalue weighted by Crippen LogP contribution is -2.05. The molecule has 0 heterocycles. The van der Waals surface area contributed by atoms with E-state index < -0.39 is 6.10 Å².